The minimum absolute atomic E-state index is 0.277. The molecule has 0 saturated carbocycles. The molecule has 0 radical (unpaired) electrons. The van der Waals surface area contributed by atoms with Gasteiger partial charge in [-0.1, -0.05) is 46.3 Å². The fourth-order valence-corrected chi connectivity index (χ4v) is 4.11. The molecule has 3 aromatic carbocycles. The Morgan fingerprint density at radius 1 is 0.810 bits per heavy atom. The topological polar surface area (TPSA) is 108 Å². The van der Waals surface area contributed by atoms with E-state index in [0.717, 1.165) is 9.37 Å². The van der Waals surface area contributed by atoms with Crippen LogP contribution in [0.5, 0.6) is 5.75 Å². The Kier molecular flexibility index (Phi) is 11.1. The number of para-hydroxylation sites is 1. The molecular formula is C31H35BrN4O6. The summed E-state index contributed by atoms with van der Waals surface area (Å²) in [4.78, 5) is 55.6. The maximum atomic E-state index is 13.5. The van der Waals surface area contributed by atoms with Crippen LogP contribution >= 0.6 is 15.9 Å². The van der Waals surface area contributed by atoms with E-state index in [1.54, 1.807) is 82.4 Å². The summed E-state index contributed by atoms with van der Waals surface area (Å²) in [5.41, 5.74) is 0.891. The number of hydrogen-bond acceptors (Lipinski definition) is 6. The average molecular weight is 640 g/mol. The number of ether oxygens (including phenoxy) is 2. The predicted octanol–water partition coefficient (Wildman–Crippen LogP) is 5.33. The first-order chi connectivity index (χ1) is 19.8. The average Bonchev–Trinajstić information content (AvgIpc) is 2.94. The molecule has 3 aromatic rings. The standard InChI is InChI=1S/C31H35BrN4O6/c1-31(2,3)42-30(40)34(4)19-29(39)36(20-28(38)35(5)24-13-7-6-8-14-24)25-15-10-16-26(18-25)41-21-27(37)33-23-12-9-11-22(32)17-23/h6-18H,19-21H2,1-5H3,(H,33,37). The van der Waals surface area contributed by atoms with Gasteiger partial charge < -0.3 is 29.5 Å². The third-order valence-electron chi connectivity index (χ3n) is 5.80. The molecule has 0 atom stereocenters. The van der Waals surface area contributed by atoms with Crippen LogP contribution in [0.25, 0.3) is 0 Å². The summed E-state index contributed by atoms with van der Waals surface area (Å²) in [6.45, 7) is 4.28. The number of benzene rings is 3. The lowest BCUT2D eigenvalue weighted by molar-refractivity contribution is -0.123. The molecule has 0 fully saturated rings. The van der Waals surface area contributed by atoms with Gasteiger partial charge in [0.1, 0.15) is 24.4 Å². The molecule has 0 bridgehead atoms. The lowest BCUT2D eigenvalue weighted by Crippen LogP contribution is -2.47. The van der Waals surface area contributed by atoms with Crippen LogP contribution in [0.3, 0.4) is 0 Å². The van der Waals surface area contributed by atoms with Crippen LogP contribution in [0.4, 0.5) is 21.9 Å². The van der Waals surface area contributed by atoms with Crippen molar-refractivity contribution in [1.29, 1.82) is 0 Å². The van der Waals surface area contributed by atoms with Gasteiger partial charge in [-0.2, -0.15) is 0 Å². The first kappa shape index (κ1) is 32.1. The molecule has 0 aliphatic carbocycles. The lowest BCUT2D eigenvalue weighted by Gasteiger charge is -2.29. The summed E-state index contributed by atoms with van der Waals surface area (Å²) in [5.74, 6) is -0.916. The van der Waals surface area contributed by atoms with E-state index in [1.165, 1.54) is 16.8 Å². The van der Waals surface area contributed by atoms with Gasteiger partial charge in [-0.15, -0.1) is 0 Å². The van der Waals surface area contributed by atoms with E-state index in [1.807, 2.05) is 24.3 Å². The van der Waals surface area contributed by atoms with E-state index in [4.69, 9.17) is 9.47 Å². The maximum absolute atomic E-state index is 13.5. The Morgan fingerprint density at radius 2 is 1.48 bits per heavy atom. The van der Waals surface area contributed by atoms with Crippen molar-refractivity contribution in [2.24, 2.45) is 0 Å². The monoisotopic (exact) mass is 638 g/mol. The smallest absolute Gasteiger partial charge is 0.410 e. The summed E-state index contributed by atoms with van der Waals surface area (Å²) >= 11 is 3.36. The van der Waals surface area contributed by atoms with E-state index < -0.39 is 17.6 Å². The van der Waals surface area contributed by atoms with Gasteiger partial charge in [0, 0.05) is 41.7 Å². The molecule has 0 saturated heterocycles. The number of carbonyl (C=O) groups is 4. The van der Waals surface area contributed by atoms with Crippen LogP contribution in [0, 0.1) is 0 Å². The Hall–Kier alpha value is -4.38. The first-order valence-corrected chi connectivity index (χ1v) is 14.0. The number of anilines is 3. The number of rotatable bonds is 10. The summed E-state index contributed by atoms with van der Waals surface area (Å²) in [6, 6.07) is 22.7. The zero-order valence-electron chi connectivity index (χ0n) is 24.3. The van der Waals surface area contributed by atoms with Gasteiger partial charge in [0.05, 0.1) is 0 Å². The molecule has 3 rings (SSSR count). The van der Waals surface area contributed by atoms with E-state index in [0.29, 0.717) is 22.8 Å². The van der Waals surface area contributed by atoms with Gasteiger partial charge in [0.25, 0.3) is 5.91 Å². The number of amides is 4. The Labute approximate surface area is 254 Å². The summed E-state index contributed by atoms with van der Waals surface area (Å²) in [5, 5.41) is 2.75. The van der Waals surface area contributed by atoms with Crippen LogP contribution in [-0.2, 0) is 19.1 Å². The normalized spacial score (nSPS) is 10.8. The summed E-state index contributed by atoms with van der Waals surface area (Å²) in [7, 11) is 3.07. The molecule has 11 heteroatoms. The predicted molar refractivity (Wildman–Crippen MR) is 166 cm³/mol. The minimum atomic E-state index is -0.739. The molecule has 10 nitrogen and oxygen atoms in total. The maximum Gasteiger partial charge on any atom is 0.410 e. The highest BCUT2D eigenvalue weighted by Gasteiger charge is 2.27. The van der Waals surface area contributed by atoms with Crippen molar-refractivity contribution in [2.75, 3.05) is 48.9 Å². The Balaban J connectivity index is 1.78. The number of nitrogens with one attached hydrogen (secondary N) is 1. The highest BCUT2D eigenvalue weighted by molar-refractivity contribution is 9.10. The molecule has 1 N–H and O–H groups in total. The van der Waals surface area contributed by atoms with Crippen LogP contribution in [0.1, 0.15) is 20.8 Å². The zero-order chi connectivity index (χ0) is 30.9. The number of nitrogens with zero attached hydrogens (tertiary/aromatic N) is 3. The van der Waals surface area contributed by atoms with Crippen molar-refractivity contribution < 1.29 is 28.7 Å². The van der Waals surface area contributed by atoms with Crippen molar-refractivity contribution >= 4 is 56.8 Å². The second-order valence-corrected chi connectivity index (χ2v) is 11.4. The second kappa shape index (κ2) is 14.5. The van der Waals surface area contributed by atoms with E-state index in [-0.39, 0.29) is 31.5 Å². The van der Waals surface area contributed by atoms with Crippen molar-refractivity contribution in [3.8, 4) is 5.75 Å². The third-order valence-corrected chi connectivity index (χ3v) is 6.29. The van der Waals surface area contributed by atoms with Crippen molar-refractivity contribution in [2.45, 2.75) is 26.4 Å². The first-order valence-electron chi connectivity index (χ1n) is 13.2. The highest BCUT2D eigenvalue weighted by Crippen LogP contribution is 2.23. The summed E-state index contributed by atoms with van der Waals surface area (Å²) in [6.07, 6.45) is -0.669. The fraction of sp³-hybridized carbons (Fsp3) is 0.290. The van der Waals surface area contributed by atoms with Crippen molar-refractivity contribution in [3.05, 3.63) is 83.3 Å². The minimum Gasteiger partial charge on any atom is -0.484 e. The molecule has 222 valence electrons. The Morgan fingerprint density at radius 3 is 2.14 bits per heavy atom. The fourth-order valence-electron chi connectivity index (χ4n) is 3.71. The van der Waals surface area contributed by atoms with Gasteiger partial charge in [-0.05, 0) is 63.2 Å². The van der Waals surface area contributed by atoms with Gasteiger partial charge in [0.15, 0.2) is 6.61 Å². The quantitative estimate of drug-likeness (QED) is 0.322. The van der Waals surface area contributed by atoms with Crippen LogP contribution < -0.4 is 19.9 Å². The van der Waals surface area contributed by atoms with Gasteiger partial charge in [0.2, 0.25) is 11.8 Å². The molecule has 0 heterocycles. The molecule has 0 aliphatic heterocycles. The van der Waals surface area contributed by atoms with E-state index in [2.05, 4.69) is 21.2 Å². The van der Waals surface area contributed by atoms with Gasteiger partial charge in [-0.25, -0.2) is 4.79 Å². The largest absolute Gasteiger partial charge is 0.484 e. The van der Waals surface area contributed by atoms with E-state index in [9.17, 15) is 19.2 Å². The van der Waals surface area contributed by atoms with E-state index >= 15 is 0 Å². The number of hydrogen-bond donors (Lipinski definition) is 1. The lowest BCUT2D eigenvalue weighted by atomic mass is 10.2. The SMILES string of the molecule is CN(CC(=O)N(CC(=O)N(C)c1ccccc1)c1cccc(OCC(=O)Nc2cccc(Br)c2)c1)C(=O)OC(C)(C)C. The molecular weight excluding hydrogens is 604 g/mol. The van der Waals surface area contributed by atoms with Crippen LogP contribution in [0.15, 0.2) is 83.3 Å². The van der Waals surface area contributed by atoms with Gasteiger partial charge >= 0.3 is 6.09 Å². The molecule has 4 amide bonds. The second-order valence-electron chi connectivity index (χ2n) is 10.4. The van der Waals surface area contributed by atoms with Crippen molar-refractivity contribution in [1.82, 2.24) is 4.90 Å². The van der Waals surface area contributed by atoms with Gasteiger partial charge in [-0.3, -0.25) is 14.4 Å². The molecule has 0 aromatic heterocycles. The number of carbonyl (C=O) groups excluding carboxylic acids is 4. The molecule has 0 spiro atoms. The Bertz CT molecular complexity index is 1410. The number of likely N-dealkylation sites (N-methyl/N-ethyl adjacent to an activating group) is 2. The van der Waals surface area contributed by atoms with Crippen LogP contribution in [-0.4, -0.2) is 68.1 Å². The molecule has 0 unspecified atom stereocenters. The molecule has 0 aliphatic rings. The highest BCUT2D eigenvalue weighted by atomic mass is 79.9. The summed E-state index contributed by atoms with van der Waals surface area (Å²) < 4.78 is 11.9. The van der Waals surface area contributed by atoms with Crippen LogP contribution in [0.2, 0.25) is 0 Å². The molecule has 42 heavy (non-hydrogen) atoms. The number of halogens is 1. The third kappa shape index (κ3) is 9.91. The zero-order valence-corrected chi connectivity index (χ0v) is 25.9. The van der Waals surface area contributed by atoms with Crippen molar-refractivity contribution in [3.63, 3.8) is 0 Å².